The molecule has 3 heteroatoms. The molecule has 0 N–H and O–H groups in total. The van der Waals surface area contributed by atoms with Gasteiger partial charge in [-0.05, 0) is 58.4 Å². The number of halogens is 2. The van der Waals surface area contributed by atoms with E-state index in [4.69, 9.17) is 0 Å². The Morgan fingerprint density at radius 1 is 0.686 bits per heavy atom. The molecule has 0 amide bonds. The van der Waals surface area contributed by atoms with Crippen LogP contribution in [-0.4, -0.2) is 3.21 Å². The number of allylic oxidation sites excluding steroid dienone is 4. The molecule has 0 unspecified atom stereocenters. The Kier molecular flexibility index (Phi) is 12.5. The molecule has 8 rings (SSSR count). The number of hydrogen-bond acceptors (Lipinski definition) is 0. The van der Waals surface area contributed by atoms with Gasteiger partial charge in [0, 0.05) is 5.41 Å². The first kappa shape index (κ1) is 40.8. The van der Waals surface area contributed by atoms with E-state index in [0.717, 1.165) is 6.42 Å². The van der Waals surface area contributed by atoms with Crippen LogP contribution in [0.15, 0.2) is 109 Å². The number of aryl methyl sites for hydroxylation is 1. The summed E-state index contributed by atoms with van der Waals surface area (Å²) in [6, 6.07) is 37.5. The van der Waals surface area contributed by atoms with Gasteiger partial charge in [-0.15, -0.1) is 11.6 Å². The van der Waals surface area contributed by atoms with E-state index in [9.17, 15) is 0 Å². The van der Waals surface area contributed by atoms with E-state index in [1.54, 1.807) is 0 Å². The molecule has 0 bridgehead atoms. The molecule has 51 heavy (non-hydrogen) atoms. The standard InChI is InChI=1S/C25H25.C13H10.C10H15.2ClH.Zr/c1-14-12-24(3,4)22-8-16-7-17-9-23-19(15(2)13-25(23,5)6)11-21(17)20(16)10-18(14)22;1-3-7-12(8-4-1)11-13-9-5-2-6-10-13;1-8-5-6-9(7-8)10(2,3)4;;;/h8-12H,7H2,1-6H3;1-10H;5-7H,1-4H3;2*1H;/q-1;;-1;;;+2/p-2. The van der Waals surface area contributed by atoms with E-state index in [2.05, 4.69) is 185 Å². The van der Waals surface area contributed by atoms with E-state index >= 15 is 0 Å². The molecule has 0 spiro atoms. The van der Waals surface area contributed by atoms with Gasteiger partial charge in [0.1, 0.15) is 0 Å². The molecule has 0 aromatic heterocycles. The quantitative estimate of drug-likeness (QED) is 0.182. The molecule has 262 valence electrons. The third-order valence-electron chi connectivity index (χ3n) is 10.3. The van der Waals surface area contributed by atoms with E-state index in [1.807, 2.05) is 0 Å². The normalized spacial score (nSPS) is 15.1. The van der Waals surface area contributed by atoms with Crippen molar-refractivity contribution in [1.29, 1.82) is 0 Å². The van der Waals surface area contributed by atoms with Crippen LogP contribution < -0.4 is 24.8 Å². The van der Waals surface area contributed by atoms with Gasteiger partial charge in [-0.2, -0.15) is 28.8 Å². The van der Waals surface area contributed by atoms with Crippen molar-refractivity contribution in [2.45, 2.75) is 91.9 Å². The maximum atomic E-state index is 3.65. The summed E-state index contributed by atoms with van der Waals surface area (Å²) in [5.74, 6) is 0. The molecule has 3 aliphatic carbocycles. The van der Waals surface area contributed by atoms with Crippen LogP contribution in [0.3, 0.4) is 0 Å². The average Bonchev–Trinajstić information content (AvgIpc) is 3.77. The second-order valence-corrected chi connectivity index (χ2v) is 17.5. The van der Waals surface area contributed by atoms with Gasteiger partial charge in [0.2, 0.25) is 0 Å². The van der Waals surface area contributed by atoms with Crippen LogP contribution >= 0.6 is 0 Å². The Bertz CT molecular complexity index is 1970. The third-order valence-corrected chi connectivity index (χ3v) is 11.8. The Morgan fingerprint density at radius 2 is 1.20 bits per heavy atom. The van der Waals surface area contributed by atoms with Gasteiger partial charge < -0.3 is 24.8 Å². The fraction of sp³-hybridized carbons (Fsp3) is 0.292. The van der Waals surface area contributed by atoms with Gasteiger partial charge >= 0.3 is 99.2 Å². The molecule has 0 heterocycles. The Balaban J connectivity index is 0.000000191. The van der Waals surface area contributed by atoms with Crippen molar-refractivity contribution < 1.29 is 49.0 Å². The maximum absolute atomic E-state index is 3.65. The molecule has 0 atom stereocenters. The van der Waals surface area contributed by atoms with Crippen molar-refractivity contribution in [3.05, 3.63) is 171 Å². The van der Waals surface area contributed by atoms with Gasteiger partial charge in [0.05, 0.1) is 0 Å². The summed E-state index contributed by atoms with van der Waals surface area (Å²) < 4.78 is 1.42. The van der Waals surface area contributed by atoms with E-state index < -0.39 is 0 Å². The average molecular weight is 789 g/mol. The van der Waals surface area contributed by atoms with Gasteiger partial charge in [-0.25, -0.2) is 11.6 Å². The van der Waals surface area contributed by atoms with Crippen LogP contribution in [0.1, 0.15) is 118 Å². The fourth-order valence-electron chi connectivity index (χ4n) is 7.68. The molecule has 0 fully saturated rings. The summed E-state index contributed by atoms with van der Waals surface area (Å²) in [6.45, 7) is 22.5. The second-order valence-electron chi connectivity index (χ2n) is 16.2. The van der Waals surface area contributed by atoms with Gasteiger partial charge in [0.25, 0.3) is 0 Å². The third kappa shape index (κ3) is 8.49. The number of hydrogen-bond donors (Lipinski definition) is 0. The molecule has 0 aliphatic heterocycles. The second kappa shape index (κ2) is 15.6. The van der Waals surface area contributed by atoms with Crippen molar-refractivity contribution in [2.75, 3.05) is 0 Å². The predicted molar refractivity (Wildman–Crippen MR) is 208 cm³/mol. The molecule has 0 nitrogen and oxygen atoms in total. The van der Waals surface area contributed by atoms with Crippen LogP contribution in [0, 0.1) is 13.0 Å². The zero-order valence-corrected chi connectivity index (χ0v) is 35.8. The number of rotatable bonds is 2. The predicted octanol–water partition coefficient (Wildman–Crippen LogP) is 6.27. The van der Waals surface area contributed by atoms with Crippen LogP contribution in [0.25, 0.3) is 22.3 Å². The van der Waals surface area contributed by atoms with E-state index in [1.165, 1.54) is 105 Å². The monoisotopic (exact) mass is 786 g/mol. The van der Waals surface area contributed by atoms with Crippen LogP contribution in [0.2, 0.25) is 0 Å². The molecule has 0 saturated heterocycles. The van der Waals surface area contributed by atoms with Gasteiger partial charge in [-0.3, -0.25) is 6.08 Å². The molecule has 0 radical (unpaired) electrons. The van der Waals surface area contributed by atoms with Gasteiger partial charge in [0.15, 0.2) is 0 Å². The summed E-state index contributed by atoms with van der Waals surface area (Å²) in [6.07, 6.45) is 7.13. The van der Waals surface area contributed by atoms with E-state index in [0.29, 0.717) is 5.41 Å². The van der Waals surface area contributed by atoms with Crippen molar-refractivity contribution in [3.8, 4) is 11.1 Å². The molecule has 3 aliphatic rings. The summed E-state index contributed by atoms with van der Waals surface area (Å²) >= 11 is 1.46. The Labute approximate surface area is 335 Å². The number of benzene rings is 4. The van der Waals surface area contributed by atoms with Crippen LogP contribution in [0.5, 0.6) is 0 Å². The minimum atomic E-state index is 0. The van der Waals surface area contributed by atoms with Crippen molar-refractivity contribution in [1.82, 2.24) is 0 Å². The fourth-order valence-corrected chi connectivity index (χ4v) is 8.50. The summed E-state index contributed by atoms with van der Waals surface area (Å²) in [5, 5.41) is 0. The molecule has 0 saturated carbocycles. The molecular formula is C48H50Cl2Zr-2. The zero-order chi connectivity index (χ0) is 35.3. The Morgan fingerprint density at radius 3 is 1.67 bits per heavy atom. The van der Waals surface area contributed by atoms with Crippen molar-refractivity contribution >= 4 is 14.4 Å². The minimum absolute atomic E-state index is 0. The van der Waals surface area contributed by atoms with E-state index in [-0.39, 0.29) is 35.6 Å². The van der Waals surface area contributed by atoms with Crippen molar-refractivity contribution in [2.24, 2.45) is 0 Å². The van der Waals surface area contributed by atoms with Crippen LogP contribution in [-0.2, 0) is 46.9 Å². The van der Waals surface area contributed by atoms with Crippen molar-refractivity contribution in [3.63, 3.8) is 0 Å². The Hall–Kier alpha value is -2.96. The SMILES string of the molecule is CC1=[C-]C(C)(C)c2cc3c(cc21)-c1cc2c(cc1C3)C(C)(C)C=C2C.Cc1cc(C(C)(C)C)c[cH-]1.[Cl-].[Cl-].[Zr+2]=[C](c1ccccc1)c1ccccc1. The first-order valence-electron chi connectivity index (χ1n) is 17.7. The molecule has 5 aromatic rings. The summed E-state index contributed by atoms with van der Waals surface area (Å²) in [7, 11) is 0. The first-order chi connectivity index (χ1) is 23.0. The first-order valence-corrected chi connectivity index (χ1v) is 18.9. The topological polar surface area (TPSA) is 0 Å². The van der Waals surface area contributed by atoms with Gasteiger partial charge in [-0.1, -0.05) is 91.4 Å². The summed E-state index contributed by atoms with van der Waals surface area (Å²) in [5.41, 5.74) is 20.3. The molecule has 5 aromatic carbocycles. The number of fused-ring (bicyclic) bond motifs is 5. The van der Waals surface area contributed by atoms with Crippen LogP contribution in [0.4, 0.5) is 0 Å². The zero-order valence-electron chi connectivity index (χ0n) is 31.9. The molecular weight excluding hydrogens is 739 g/mol. The summed E-state index contributed by atoms with van der Waals surface area (Å²) in [4.78, 5) is 0.